The molecule has 3 heterocycles. The molecular formula is C22H24N4O4. The lowest BCUT2D eigenvalue weighted by Gasteiger charge is -2.41. The van der Waals surface area contributed by atoms with Crippen molar-refractivity contribution >= 4 is 28.6 Å². The van der Waals surface area contributed by atoms with Crippen molar-refractivity contribution in [2.45, 2.75) is 25.4 Å². The highest BCUT2D eigenvalue weighted by molar-refractivity contribution is 6.03. The van der Waals surface area contributed by atoms with Gasteiger partial charge in [-0.25, -0.2) is 0 Å². The Morgan fingerprint density at radius 2 is 1.97 bits per heavy atom. The van der Waals surface area contributed by atoms with Gasteiger partial charge in [0.15, 0.2) is 0 Å². The Balaban J connectivity index is 1.41. The van der Waals surface area contributed by atoms with E-state index in [1.807, 2.05) is 41.0 Å². The van der Waals surface area contributed by atoms with Crippen molar-refractivity contribution in [3.8, 4) is 0 Å². The fraction of sp³-hybridized carbons (Fsp3) is 0.318. The van der Waals surface area contributed by atoms with Crippen LogP contribution in [0.5, 0.6) is 0 Å². The minimum atomic E-state index is -1.11. The number of nitrogens with one attached hydrogen (secondary N) is 2. The first-order chi connectivity index (χ1) is 14.4. The van der Waals surface area contributed by atoms with Crippen molar-refractivity contribution in [2.75, 3.05) is 20.1 Å². The van der Waals surface area contributed by atoms with E-state index in [4.69, 9.17) is 4.42 Å². The summed E-state index contributed by atoms with van der Waals surface area (Å²) in [5.41, 5.74) is 0.351. The van der Waals surface area contributed by atoms with Gasteiger partial charge in [-0.1, -0.05) is 18.2 Å². The lowest BCUT2D eigenvalue weighted by Crippen LogP contribution is -2.63. The molecule has 0 saturated heterocycles. The van der Waals surface area contributed by atoms with Gasteiger partial charge in [0.05, 0.1) is 19.4 Å². The first kappa shape index (κ1) is 19.8. The van der Waals surface area contributed by atoms with Crippen molar-refractivity contribution in [1.29, 1.82) is 0 Å². The number of amides is 3. The fourth-order valence-corrected chi connectivity index (χ4v) is 3.79. The maximum atomic E-state index is 13.0. The third kappa shape index (κ3) is 3.45. The molecule has 0 aliphatic carbocycles. The number of rotatable bonds is 6. The molecule has 156 valence electrons. The largest absolute Gasteiger partial charge is 0.469 e. The minimum absolute atomic E-state index is 0.159. The smallest absolute Gasteiger partial charge is 0.271 e. The van der Waals surface area contributed by atoms with E-state index in [-0.39, 0.29) is 24.3 Å². The van der Waals surface area contributed by atoms with Crippen LogP contribution in [0.25, 0.3) is 10.9 Å². The molecule has 2 aromatic heterocycles. The van der Waals surface area contributed by atoms with Gasteiger partial charge in [-0.15, -0.1) is 0 Å². The molecule has 3 amide bonds. The van der Waals surface area contributed by atoms with Crippen LogP contribution in [0.1, 0.15) is 23.2 Å². The van der Waals surface area contributed by atoms with E-state index in [0.29, 0.717) is 25.2 Å². The van der Waals surface area contributed by atoms with Crippen LogP contribution in [0.4, 0.5) is 0 Å². The Morgan fingerprint density at radius 1 is 1.17 bits per heavy atom. The summed E-state index contributed by atoms with van der Waals surface area (Å²) >= 11 is 0. The zero-order chi connectivity index (χ0) is 21.3. The first-order valence-corrected chi connectivity index (χ1v) is 9.84. The molecule has 0 bridgehead atoms. The molecule has 1 aromatic carbocycles. The molecule has 0 radical (unpaired) electrons. The molecular weight excluding hydrogens is 384 g/mol. The number of likely N-dealkylation sites (N-methyl/N-ethyl adjacent to an activating group) is 1. The summed E-state index contributed by atoms with van der Waals surface area (Å²) in [7, 11) is 1.62. The lowest BCUT2D eigenvalue weighted by atomic mass is 9.95. The van der Waals surface area contributed by atoms with Crippen LogP contribution >= 0.6 is 0 Å². The highest BCUT2D eigenvalue weighted by atomic mass is 16.3. The average Bonchev–Trinajstić information content (AvgIpc) is 3.38. The Kier molecular flexibility index (Phi) is 5.07. The van der Waals surface area contributed by atoms with Gasteiger partial charge in [-0.3, -0.25) is 14.4 Å². The number of hydrogen-bond acceptors (Lipinski definition) is 4. The van der Waals surface area contributed by atoms with E-state index in [2.05, 4.69) is 10.6 Å². The number of carbonyl (C=O) groups is 3. The standard InChI is InChI=1S/C22H24N4O4/c1-22(21(29)24-13-19(27)23-10-9-16-7-5-11-30-16)14-26-17-8-4-3-6-15(17)12-18(26)20(28)25(22)2/h3-8,11-12H,9-10,13-14H2,1-2H3,(H,23,27)(H,24,29). The number of aromatic nitrogens is 1. The van der Waals surface area contributed by atoms with Gasteiger partial charge < -0.3 is 24.5 Å². The van der Waals surface area contributed by atoms with E-state index < -0.39 is 5.54 Å². The summed E-state index contributed by atoms with van der Waals surface area (Å²) in [5, 5.41) is 6.38. The maximum Gasteiger partial charge on any atom is 0.271 e. The van der Waals surface area contributed by atoms with Crippen molar-refractivity contribution in [3.05, 3.63) is 60.2 Å². The normalized spacial score (nSPS) is 18.3. The Labute approximate surface area is 173 Å². The van der Waals surface area contributed by atoms with E-state index in [0.717, 1.165) is 16.7 Å². The van der Waals surface area contributed by atoms with Gasteiger partial charge in [-0.2, -0.15) is 0 Å². The molecule has 0 fully saturated rings. The predicted octanol–water partition coefficient (Wildman–Crippen LogP) is 1.55. The van der Waals surface area contributed by atoms with Crippen molar-refractivity contribution in [1.82, 2.24) is 20.1 Å². The van der Waals surface area contributed by atoms with Crippen LogP contribution in [0.3, 0.4) is 0 Å². The van der Waals surface area contributed by atoms with Gasteiger partial charge in [0.25, 0.3) is 5.91 Å². The highest BCUT2D eigenvalue weighted by Gasteiger charge is 2.45. The molecule has 8 heteroatoms. The Hall–Kier alpha value is -3.55. The molecule has 1 aliphatic rings. The quantitative estimate of drug-likeness (QED) is 0.647. The Bertz CT molecular complexity index is 1100. The summed E-state index contributed by atoms with van der Waals surface area (Å²) in [6.45, 7) is 2.28. The zero-order valence-electron chi connectivity index (χ0n) is 17.0. The lowest BCUT2D eigenvalue weighted by molar-refractivity contribution is -0.134. The number of fused-ring (bicyclic) bond motifs is 3. The van der Waals surface area contributed by atoms with E-state index in [1.165, 1.54) is 4.90 Å². The fourth-order valence-electron chi connectivity index (χ4n) is 3.79. The third-order valence-corrected chi connectivity index (χ3v) is 5.71. The third-order valence-electron chi connectivity index (χ3n) is 5.71. The van der Waals surface area contributed by atoms with Gasteiger partial charge >= 0.3 is 0 Å². The molecule has 4 rings (SSSR count). The van der Waals surface area contributed by atoms with E-state index in [1.54, 1.807) is 26.3 Å². The summed E-state index contributed by atoms with van der Waals surface area (Å²) in [5.74, 6) is -0.111. The van der Waals surface area contributed by atoms with Crippen molar-refractivity contribution < 1.29 is 18.8 Å². The molecule has 1 unspecified atom stereocenters. The second kappa shape index (κ2) is 7.70. The highest BCUT2D eigenvalue weighted by Crippen LogP contribution is 2.31. The molecule has 8 nitrogen and oxygen atoms in total. The molecule has 30 heavy (non-hydrogen) atoms. The van der Waals surface area contributed by atoms with E-state index >= 15 is 0 Å². The van der Waals surface area contributed by atoms with Crippen molar-refractivity contribution in [2.24, 2.45) is 0 Å². The summed E-state index contributed by atoms with van der Waals surface area (Å²) in [6.07, 6.45) is 2.16. The number of nitrogens with zero attached hydrogens (tertiary/aromatic N) is 2. The molecule has 0 spiro atoms. The number of carbonyl (C=O) groups excluding carboxylic acids is 3. The van der Waals surface area contributed by atoms with Crippen LogP contribution in [-0.2, 0) is 22.6 Å². The monoisotopic (exact) mass is 408 g/mol. The molecule has 3 aromatic rings. The van der Waals surface area contributed by atoms with Crippen molar-refractivity contribution in [3.63, 3.8) is 0 Å². The average molecular weight is 408 g/mol. The second-order valence-electron chi connectivity index (χ2n) is 7.67. The summed E-state index contributed by atoms with van der Waals surface area (Å²) in [4.78, 5) is 39.5. The number of furan rings is 1. The van der Waals surface area contributed by atoms with Crippen LogP contribution in [0, 0.1) is 0 Å². The number of para-hydroxylation sites is 1. The van der Waals surface area contributed by atoms with Gasteiger partial charge in [-0.05, 0) is 31.2 Å². The van der Waals surface area contributed by atoms with E-state index in [9.17, 15) is 14.4 Å². The molecule has 1 aliphatic heterocycles. The topological polar surface area (TPSA) is 96.6 Å². The van der Waals surface area contributed by atoms with Crippen LogP contribution in [0.15, 0.2) is 53.1 Å². The minimum Gasteiger partial charge on any atom is -0.469 e. The Morgan fingerprint density at radius 3 is 2.73 bits per heavy atom. The second-order valence-corrected chi connectivity index (χ2v) is 7.67. The number of hydrogen-bond donors (Lipinski definition) is 2. The van der Waals surface area contributed by atoms with Crippen LogP contribution < -0.4 is 10.6 Å². The van der Waals surface area contributed by atoms with Gasteiger partial charge in [0.1, 0.15) is 17.0 Å². The maximum absolute atomic E-state index is 13.0. The zero-order valence-corrected chi connectivity index (χ0v) is 17.0. The molecule has 1 atom stereocenters. The van der Waals surface area contributed by atoms with Crippen LogP contribution in [-0.4, -0.2) is 52.9 Å². The van der Waals surface area contributed by atoms with Gasteiger partial charge in [0, 0.05) is 30.9 Å². The van der Waals surface area contributed by atoms with Crippen LogP contribution in [0.2, 0.25) is 0 Å². The predicted molar refractivity (Wildman–Crippen MR) is 111 cm³/mol. The molecule has 0 saturated carbocycles. The first-order valence-electron chi connectivity index (χ1n) is 9.84. The SMILES string of the molecule is CN1C(=O)c2cc3ccccc3n2CC1(C)C(=O)NCC(=O)NCCc1ccco1. The number of benzene rings is 1. The summed E-state index contributed by atoms with van der Waals surface area (Å²) in [6, 6.07) is 13.2. The summed E-state index contributed by atoms with van der Waals surface area (Å²) < 4.78 is 7.10. The molecule has 2 N–H and O–H groups in total. The van der Waals surface area contributed by atoms with Gasteiger partial charge in [0.2, 0.25) is 11.8 Å².